The van der Waals surface area contributed by atoms with E-state index in [9.17, 15) is 5.11 Å². The second kappa shape index (κ2) is 6.91. The highest BCUT2D eigenvalue weighted by molar-refractivity contribution is 4.79. The summed E-state index contributed by atoms with van der Waals surface area (Å²) >= 11 is 0. The van der Waals surface area contributed by atoms with E-state index >= 15 is 0 Å². The zero-order valence-corrected chi connectivity index (χ0v) is 12.1. The summed E-state index contributed by atoms with van der Waals surface area (Å²) in [5, 5.41) is 10.3. The van der Waals surface area contributed by atoms with Crippen LogP contribution in [0.15, 0.2) is 0 Å². The predicted molar refractivity (Wildman–Crippen MR) is 74.5 cm³/mol. The molecule has 0 radical (unpaired) electrons. The van der Waals surface area contributed by atoms with Gasteiger partial charge in [-0.1, -0.05) is 13.8 Å². The van der Waals surface area contributed by atoms with E-state index in [-0.39, 0.29) is 6.10 Å². The first-order valence-electron chi connectivity index (χ1n) is 7.96. The Morgan fingerprint density at radius 1 is 1.06 bits per heavy atom. The van der Waals surface area contributed by atoms with Gasteiger partial charge in [-0.25, -0.2) is 0 Å². The lowest BCUT2D eigenvalue weighted by Gasteiger charge is -2.33. The standard InChI is InChI=1S/C16H30O2/c1-12(2)13-5-7-14(8-6-13)16(17)10-9-15-4-3-11-18-15/h12-17H,3-11H2,1-2H3. The van der Waals surface area contributed by atoms with E-state index in [1.807, 2.05) is 0 Å². The van der Waals surface area contributed by atoms with Gasteiger partial charge in [-0.15, -0.1) is 0 Å². The molecule has 0 aromatic heterocycles. The van der Waals surface area contributed by atoms with Crippen molar-refractivity contribution in [1.29, 1.82) is 0 Å². The van der Waals surface area contributed by atoms with Gasteiger partial charge in [0.05, 0.1) is 12.2 Å². The van der Waals surface area contributed by atoms with Gasteiger partial charge in [-0.05, 0) is 69.1 Å². The fraction of sp³-hybridized carbons (Fsp3) is 1.00. The summed E-state index contributed by atoms with van der Waals surface area (Å²) in [6.45, 7) is 5.60. The molecule has 0 aromatic rings. The zero-order valence-electron chi connectivity index (χ0n) is 12.1. The topological polar surface area (TPSA) is 29.5 Å². The quantitative estimate of drug-likeness (QED) is 0.809. The van der Waals surface area contributed by atoms with E-state index in [1.54, 1.807) is 0 Å². The van der Waals surface area contributed by atoms with Crippen molar-refractivity contribution in [1.82, 2.24) is 0 Å². The third-order valence-electron chi connectivity index (χ3n) is 5.11. The van der Waals surface area contributed by atoms with Crippen LogP contribution < -0.4 is 0 Å². The van der Waals surface area contributed by atoms with Crippen LogP contribution >= 0.6 is 0 Å². The van der Waals surface area contributed by atoms with Gasteiger partial charge in [0.2, 0.25) is 0 Å². The molecular weight excluding hydrogens is 224 g/mol. The highest BCUT2D eigenvalue weighted by Gasteiger charge is 2.28. The predicted octanol–water partition coefficient (Wildman–Crippen LogP) is 3.77. The number of aliphatic hydroxyl groups excluding tert-OH is 1. The Labute approximate surface area is 112 Å². The Morgan fingerprint density at radius 3 is 2.28 bits per heavy atom. The van der Waals surface area contributed by atoms with E-state index in [0.29, 0.717) is 12.0 Å². The molecule has 0 bridgehead atoms. The second-order valence-electron chi connectivity index (χ2n) is 6.70. The second-order valence-corrected chi connectivity index (χ2v) is 6.70. The Hall–Kier alpha value is -0.0800. The number of aliphatic hydroxyl groups is 1. The molecule has 106 valence electrons. The van der Waals surface area contributed by atoms with Crippen LogP contribution in [0, 0.1) is 17.8 Å². The number of ether oxygens (including phenoxy) is 1. The molecule has 0 aromatic carbocycles. The first kappa shape index (κ1) is 14.3. The maximum Gasteiger partial charge on any atom is 0.0577 e. The van der Waals surface area contributed by atoms with Crippen LogP contribution in [0.4, 0.5) is 0 Å². The Morgan fingerprint density at radius 2 is 1.72 bits per heavy atom. The molecule has 2 nitrogen and oxygen atoms in total. The van der Waals surface area contributed by atoms with Crippen molar-refractivity contribution in [2.45, 2.75) is 77.4 Å². The molecule has 1 heterocycles. The summed E-state index contributed by atoms with van der Waals surface area (Å²) in [7, 11) is 0. The smallest absolute Gasteiger partial charge is 0.0577 e. The molecule has 2 rings (SSSR count). The third-order valence-corrected chi connectivity index (χ3v) is 5.11. The van der Waals surface area contributed by atoms with Crippen LogP contribution in [0.25, 0.3) is 0 Å². The molecule has 0 spiro atoms. The van der Waals surface area contributed by atoms with Gasteiger partial charge in [0.25, 0.3) is 0 Å². The fourth-order valence-electron chi connectivity index (χ4n) is 3.66. The van der Waals surface area contributed by atoms with Gasteiger partial charge in [0.1, 0.15) is 0 Å². The number of hydrogen-bond acceptors (Lipinski definition) is 2. The van der Waals surface area contributed by atoms with Gasteiger partial charge in [-0.2, -0.15) is 0 Å². The maximum atomic E-state index is 10.3. The lowest BCUT2D eigenvalue weighted by molar-refractivity contribution is 0.0385. The largest absolute Gasteiger partial charge is 0.393 e. The van der Waals surface area contributed by atoms with Crippen molar-refractivity contribution in [3.05, 3.63) is 0 Å². The lowest BCUT2D eigenvalue weighted by atomic mass is 9.74. The van der Waals surface area contributed by atoms with Crippen molar-refractivity contribution in [3.8, 4) is 0 Å². The molecule has 2 fully saturated rings. The summed E-state index contributed by atoms with van der Waals surface area (Å²) in [6, 6.07) is 0. The van der Waals surface area contributed by atoms with Crippen LogP contribution in [-0.4, -0.2) is 23.9 Å². The number of rotatable bonds is 5. The summed E-state index contributed by atoms with van der Waals surface area (Å²) in [5.41, 5.74) is 0. The molecule has 0 amide bonds. The van der Waals surface area contributed by atoms with Gasteiger partial charge in [0, 0.05) is 6.61 Å². The van der Waals surface area contributed by atoms with Gasteiger partial charge in [-0.3, -0.25) is 0 Å². The molecule has 1 aliphatic carbocycles. The molecule has 1 saturated carbocycles. The molecule has 2 unspecified atom stereocenters. The molecule has 2 aliphatic rings. The lowest BCUT2D eigenvalue weighted by Crippen LogP contribution is -2.28. The van der Waals surface area contributed by atoms with E-state index < -0.39 is 0 Å². The minimum Gasteiger partial charge on any atom is -0.393 e. The van der Waals surface area contributed by atoms with E-state index in [4.69, 9.17) is 4.74 Å². The van der Waals surface area contributed by atoms with Crippen LogP contribution in [0.1, 0.15) is 65.2 Å². The number of hydrogen-bond donors (Lipinski definition) is 1. The third kappa shape index (κ3) is 3.96. The zero-order chi connectivity index (χ0) is 13.0. The Bertz CT molecular complexity index is 225. The first-order valence-corrected chi connectivity index (χ1v) is 7.96. The molecule has 2 heteroatoms. The maximum absolute atomic E-state index is 10.3. The molecule has 1 N–H and O–H groups in total. The average Bonchev–Trinajstić information content (AvgIpc) is 2.89. The van der Waals surface area contributed by atoms with Crippen LogP contribution in [0.2, 0.25) is 0 Å². The van der Waals surface area contributed by atoms with E-state index in [0.717, 1.165) is 31.3 Å². The highest BCUT2D eigenvalue weighted by Crippen LogP contribution is 2.36. The van der Waals surface area contributed by atoms with Crippen molar-refractivity contribution >= 4 is 0 Å². The van der Waals surface area contributed by atoms with Gasteiger partial charge >= 0.3 is 0 Å². The summed E-state index contributed by atoms with van der Waals surface area (Å²) in [4.78, 5) is 0. The molecule has 1 aliphatic heterocycles. The van der Waals surface area contributed by atoms with E-state index in [2.05, 4.69) is 13.8 Å². The van der Waals surface area contributed by atoms with Gasteiger partial charge in [0.15, 0.2) is 0 Å². The summed E-state index contributed by atoms with van der Waals surface area (Å²) in [5.74, 6) is 2.27. The van der Waals surface area contributed by atoms with Crippen LogP contribution in [0.3, 0.4) is 0 Å². The Balaban J connectivity index is 1.65. The SMILES string of the molecule is CC(C)C1CCC(C(O)CCC2CCCO2)CC1. The molecular formula is C16H30O2. The van der Waals surface area contributed by atoms with Crippen molar-refractivity contribution in [2.24, 2.45) is 17.8 Å². The average molecular weight is 254 g/mol. The van der Waals surface area contributed by atoms with Crippen molar-refractivity contribution in [3.63, 3.8) is 0 Å². The minimum atomic E-state index is -0.0812. The van der Waals surface area contributed by atoms with Crippen molar-refractivity contribution in [2.75, 3.05) is 6.61 Å². The van der Waals surface area contributed by atoms with Crippen molar-refractivity contribution < 1.29 is 9.84 Å². The van der Waals surface area contributed by atoms with E-state index in [1.165, 1.54) is 38.5 Å². The molecule has 2 atom stereocenters. The summed E-state index contributed by atoms with van der Waals surface area (Å²) < 4.78 is 5.63. The Kier molecular flexibility index (Phi) is 5.50. The highest BCUT2D eigenvalue weighted by atomic mass is 16.5. The minimum absolute atomic E-state index is 0.0812. The van der Waals surface area contributed by atoms with Gasteiger partial charge < -0.3 is 9.84 Å². The van der Waals surface area contributed by atoms with Crippen LogP contribution in [-0.2, 0) is 4.74 Å². The first-order chi connectivity index (χ1) is 8.66. The fourth-order valence-corrected chi connectivity index (χ4v) is 3.66. The molecule has 18 heavy (non-hydrogen) atoms. The summed E-state index contributed by atoms with van der Waals surface area (Å²) in [6.07, 6.45) is 9.87. The van der Waals surface area contributed by atoms with Crippen LogP contribution in [0.5, 0.6) is 0 Å². The normalized spacial score (nSPS) is 35.0. The monoisotopic (exact) mass is 254 g/mol. The molecule has 1 saturated heterocycles.